The first kappa shape index (κ1) is 19.8. The number of amides is 2. The summed E-state index contributed by atoms with van der Waals surface area (Å²) in [5, 5.41) is 0. The molecule has 0 saturated carbocycles. The number of hydrogen-bond donors (Lipinski definition) is 1. The van der Waals surface area contributed by atoms with E-state index < -0.39 is 21.8 Å². The Hall–Kier alpha value is -3.45. The fourth-order valence-electron chi connectivity index (χ4n) is 3.73. The van der Waals surface area contributed by atoms with Gasteiger partial charge in [-0.2, -0.15) is 0 Å². The third-order valence-electron chi connectivity index (χ3n) is 5.11. The summed E-state index contributed by atoms with van der Waals surface area (Å²) in [5.74, 6) is -0.842. The van der Waals surface area contributed by atoms with E-state index in [1.807, 2.05) is 32.9 Å². The summed E-state index contributed by atoms with van der Waals surface area (Å²) in [6.07, 6.45) is 0. The lowest BCUT2D eigenvalue weighted by atomic mass is 10.1. The molecule has 1 aliphatic rings. The number of rotatable bonds is 4. The molecular formula is C23H20N2O4S. The van der Waals surface area contributed by atoms with Gasteiger partial charge in [0.25, 0.3) is 21.8 Å². The molecule has 0 bridgehead atoms. The second kappa shape index (κ2) is 7.11. The molecule has 0 aromatic heterocycles. The summed E-state index contributed by atoms with van der Waals surface area (Å²) < 4.78 is 28.4. The Morgan fingerprint density at radius 1 is 0.767 bits per heavy atom. The highest BCUT2D eigenvalue weighted by atomic mass is 32.2. The Bertz CT molecular complexity index is 1240. The number of nitrogens with zero attached hydrogens (tertiary/aromatic N) is 1. The van der Waals surface area contributed by atoms with E-state index in [4.69, 9.17) is 0 Å². The van der Waals surface area contributed by atoms with Crippen molar-refractivity contribution in [2.45, 2.75) is 25.7 Å². The molecular weight excluding hydrogens is 400 g/mol. The van der Waals surface area contributed by atoms with E-state index in [1.54, 1.807) is 24.3 Å². The maximum absolute atomic E-state index is 12.9. The summed E-state index contributed by atoms with van der Waals surface area (Å²) in [6, 6.07) is 16.1. The van der Waals surface area contributed by atoms with Gasteiger partial charge in [-0.3, -0.25) is 14.3 Å². The Morgan fingerprint density at radius 2 is 1.27 bits per heavy atom. The predicted molar refractivity (Wildman–Crippen MR) is 115 cm³/mol. The third-order valence-corrected chi connectivity index (χ3v) is 6.48. The molecule has 3 aromatic carbocycles. The van der Waals surface area contributed by atoms with E-state index in [9.17, 15) is 18.0 Å². The van der Waals surface area contributed by atoms with Gasteiger partial charge in [0.1, 0.15) is 0 Å². The molecule has 0 atom stereocenters. The number of aryl methyl sites for hydroxylation is 3. The summed E-state index contributed by atoms with van der Waals surface area (Å²) in [6.45, 7) is 5.66. The highest BCUT2D eigenvalue weighted by molar-refractivity contribution is 7.92. The van der Waals surface area contributed by atoms with Crippen LogP contribution in [0.2, 0.25) is 0 Å². The van der Waals surface area contributed by atoms with E-state index >= 15 is 0 Å². The van der Waals surface area contributed by atoms with Crippen molar-refractivity contribution in [3.63, 3.8) is 0 Å². The van der Waals surface area contributed by atoms with Crippen molar-refractivity contribution in [1.29, 1.82) is 0 Å². The molecule has 0 radical (unpaired) electrons. The number of hydrogen-bond acceptors (Lipinski definition) is 4. The van der Waals surface area contributed by atoms with Crippen molar-refractivity contribution in [3.8, 4) is 0 Å². The lowest BCUT2D eigenvalue weighted by molar-refractivity contribution is 0.0926. The van der Waals surface area contributed by atoms with Gasteiger partial charge >= 0.3 is 0 Å². The van der Waals surface area contributed by atoms with Crippen molar-refractivity contribution in [2.24, 2.45) is 0 Å². The first-order valence-corrected chi connectivity index (χ1v) is 10.9. The van der Waals surface area contributed by atoms with Gasteiger partial charge in [-0.25, -0.2) is 13.3 Å². The highest BCUT2D eigenvalue weighted by Gasteiger charge is 2.36. The van der Waals surface area contributed by atoms with Crippen LogP contribution in [-0.2, 0) is 10.0 Å². The van der Waals surface area contributed by atoms with Gasteiger partial charge in [0.2, 0.25) is 0 Å². The average Bonchev–Trinajstić information content (AvgIpc) is 2.96. The first-order chi connectivity index (χ1) is 14.2. The molecule has 2 amide bonds. The van der Waals surface area contributed by atoms with E-state index in [0.717, 1.165) is 21.6 Å². The van der Waals surface area contributed by atoms with E-state index in [-0.39, 0.29) is 4.90 Å². The highest BCUT2D eigenvalue weighted by Crippen LogP contribution is 2.30. The lowest BCUT2D eigenvalue weighted by Crippen LogP contribution is -2.29. The van der Waals surface area contributed by atoms with Gasteiger partial charge in [0.15, 0.2) is 0 Å². The average molecular weight is 420 g/mol. The molecule has 0 fully saturated rings. The number of imide groups is 1. The first-order valence-electron chi connectivity index (χ1n) is 9.37. The third kappa shape index (κ3) is 3.27. The normalized spacial score (nSPS) is 13.5. The van der Waals surface area contributed by atoms with Crippen LogP contribution in [-0.4, -0.2) is 20.2 Å². The Morgan fingerprint density at radius 3 is 1.77 bits per heavy atom. The van der Waals surface area contributed by atoms with Crippen molar-refractivity contribution in [1.82, 2.24) is 0 Å². The zero-order valence-corrected chi connectivity index (χ0v) is 17.6. The number of carbonyl (C=O) groups excluding carboxylic acids is 2. The summed E-state index contributed by atoms with van der Waals surface area (Å²) in [5.41, 5.74) is 4.26. The standard InChI is InChI=1S/C23H20N2O4S/c1-14-12-15(2)21(16(3)13-14)24-30(28,29)18-10-8-17(9-11-18)25-22(26)19-6-4-5-7-20(19)23(25)27/h4-13,24H,1-3H3. The number of carbonyl (C=O) groups is 2. The topological polar surface area (TPSA) is 83.6 Å². The van der Waals surface area contributed by atoms with E-state index in [1.165, 1.54) is 24.3 Å². The second-order valence-electron chi connectivity index (χ2n) is 7.36. The maximum Gasteiger partial charge on any atom is 0.266 e. The molecule has 1 N–H and O–H groups in total. The molecule has 4 rings (SSSR count). The van der Waals surface area contributed by atoms with Crippen LogP contribution in [0.3, 0.4) is 0 Å². The van der Waals surface area contributed by atoms with Gasteiger partial charge in [-0.05, 0) is 68.3 Å². The SMILES string of the molecule is Cc1cc(C)c(NS(=O)(=O)c2ccc(N3C(=O)c4ccccc4C3=O)cc2)c(C)c1. The molecule has 0 unspecified atom stereocenters. The molecule has 0 saturated heterocycles. The second-order valence-corrected chi connectivity index (χ2v) is 9.05. The largest absolute Gasteiger partial charge is 0.279 e. The Labute approximate surface area is 175 Å². The summed E-state index contributed by atoms with van der Waals surface area (Å²) >= 11 is 0. The van der Waals surface area contributed by atoms with Crippen LogP contribution < -0.4 is 9.62 Å². The number of sulfonamides is 1. The van der Waals surface area contributed by atoms with Crippen LogP contribution in [0.4, 0.5) is 11.4 Å². The monoisotopic (exact) mass is 420 g/mol. The van der Waals surface area contributed by atoms with Gasteiger partial charge in [0, 0.05) is 0 Å². The van der Waals surface area contributed by atoms with Crippen LogP contribution in [0.15, 0.2) is 65.6 Å². The minimum atomic E-state index is -3.83. The fourth-order valence-corrected chi connectivity index (χ4v) is 4.94. The fraction of sp³-hybridized carbons (Fsp3) is 0.130. The number of anilines is 2. The van der Waals surface area contributed by atoms with Crippen molar-refractivity contribution >= 4 is 33.2 Å². The van der Waals surface area contributed by atoms with Gasteiger partial charge in [-0.15, -0.1) is 0 Å². The smallest absolute Gasteiger partial charge is 0.266 e. The molecule has 0 aliphatic carbocycles. The lowest BCUT2D eigenvalue weighted by Gasteiger charge is -2.16. The Kier molecular flexibility index (Phi) is 4.70. The molecule has 1 aliphatic heterocycles. The predicted octanol–water partition coefficient (Wildman–Crippen LogP) is 4.21. The van der Waals surface area contributed by atoms with Crippen LogP contribution in [0.5, 0.6) is 0 Å². The van der Waals surface area contributed by atoms with E-state index in [2.05, 4.69) is 4.72 Å². The molecule has 1 heterocycles. The Balaban J connectivity index is 1.63. The van der Waals surface area contributed by atoms with Crippen LogP contribution in [0, 0.1) is 20.8 Å². The van der Waals surface area contributed by atoms with Gasteiger partial charge in [0.05, 0.1) is 27.4 Å². The van der Waals surface area contributed by atoms with Crippen LogP contribution in [0.1, 0.15) is 37.4 Å². The molecule has 0 spiro atoms. The zero-order chi connectivity index (χ0) is 21.6. The maximum atomic E-state index is 12.9. The number of fused-ring (bicyclic) bond motifs is 1. The van der Waals surface area contributed by atoms with Crippen LogP contribution in [0.25, 0.3) is 0 Å². The van der Waals surface area contributed by atoms with Gasteiger partial charge in [-0.1, -0.05) is 29.8 Å². The number of benzene rings is 3. The molecule has 3 aromatic rings. The summed E-state index contributed by atoms with van der Waals surface area (Å²) in [4.78, 5) is 26.3. The van der Waals surface area contributed by atoms with Crippen molar-refractivity contribution in [2.75, 3.05) is 9.62 Å². The van der Waals surface area contributed by atoms with Crippen LogP contribution >= 0.6 is 0 Å². The molecule has 7 heteroatoms. The molecule has 6 nitrogen and oxygen atoms in total. The molecule has 30 heavy (non-hydrogen) atoms. The molecule has 152 valence electrons. The zero-order valence-electron chi connectivity index (χ0n) is 16.8. The number of nitrogens with one attached hydrogen (secondary N) is 1. The summed E-state index contributed by atoms with van der Waals surface area (Å²) in [7, 11) is -3.83. The van der Waals surface area contributed by atoms with Crippen molar-refractivity contribution in [3.05, 3.63) is 88.5 Å². The quantitative estimate of drug-likeness (QED) is 0.641. The minimum absolute atomic E-state index is 0.0437. The van der Waals surface area contributed by atoms with Crippen molar-refractivity contribution < 1.29 is 18.0 Å². The minimum Gasteiger partial charge on any atom is -0.279 e. The van der Waals surface area contributed by atoms with Gasteiger partial charge < -0.3 is 0 Å². The van der Waals surface area contributed by atoms with E-state index in [0.29, 0.717) is 22.5 Å².